The van der Waals surface area contributed by atoms with Crippen LogP contribution in [0.4, 0.5) is 0 Å². The van der Waals surface area contributed by atoms with Gasteiger partial charge in [0.1, 0.15) is 0 Å². The average molecular weight is 216 g/mol. The van der Waals surface area contributed by atoms with Crippen LogP contribution < -0.4 is 0 Å². The van der Waals surface area contributed by atoms with Crippen molar-refractivity contribution in [3.63, 3.8) is 0 Å². The Hall–Kier alpha value is -1.44. The van der Waals surface area contributed by atoms with Gasteiger partial charge in [0, 0.05) is 22.6 Å². The molecule has 2 rings (SSSR count). The van der Waals surface area contributed by atoms with Gasteiger partial charge < -0.3 is 0 Å². The second-order valence-corrected chi connectivity index (χ2v) is 4.51. The number of carbonyl (C=O) groups is 2. The van der Waals surface area contributed by atoms with E-state index in [1.54, 1.807) is 13.8 Å². The summed E-state index contributed by atoms with van der Waals surface area (Å²) in [5.74, 6) is 0.188. The maximum atomic E-state index is 12.1. The molecule has 0 aromatic carbocycles. The molecule has 0 aromatic heterocycles. The maximum Gasteiger partial charge on any atom is 0.185 e. The SMILES string of the molecule is CC1=C(C)C(=O)C(C2C=CCCC2)=CC1=O. The van der Waals surface area contributed by atoms with Gasteiger partial charge in [0.25, 0.3) is 0 Å². The highest BCUT2D eigenvalue weighted by atomic mass is 16.1. The Balaban J connectivity index is 2.33. The Morgan fingerprint density at radius 2 is 1.94 bits per heavy atom. The number of Topliss-reactive ketones (excluding diaryl/α,β-unsaturated/α-hetero) is 1. The molecule has 0 radical (unpaired) electrons. The molecule has 0 fully saturated rings. The zero-order valence-electron chi connectivity index (χ0n) is 9.75. The number of allylic oxidation sites excluding steroid dienone is 6. The topological polar surface area (TPSA) is 34.1 Å². The molecule has 0 bridgehead atoms. The Labute approximate surface area is 95.7 Å². The van der Waals surface area contributed by atoms with E-state index in [1.165, 1.54) is 6.08 Å². The predicted octanol–water partition coefficient (Wildman–Crippen LogP) is 2.76. The summed E-state index contributed by atoms with van der Waals surface area (Å²) < 4.78 is 0. The van der Waals surface area contributed by atoms with Gasteiger partial charge in [-0.15, -0.1) is 0 Å². The third-order valence-electron chi connectivity index (χ3n) is 3.48. The molecule has 16 heavy (non-hydrogen) atoms. The molecule has 1 atom stereocenters. The molecule has 0 spiro atoms. The Kier molecular flexibility index (Phi) is 2.90. The van der Waals surface area contributed by atoms with E-state index < -0.39 is 0 Å². The van der Waals surface area contributed by atoms with Crippen molar-refractivity contribution in [2.45, 2.75) is 33.1 Å². The molecule has 0 saturated heterocycles. The van der Waals surface area contributed by atoms with Crippen molar-refractivity contribution in [1.82, 2.24) is 0 Å². The van der Waals surface area contributed by atoms with Crippen molar-refractivity contribution >= 4 is 11.6 Å². The van der Waals surface area contributed by atoms with E-state index in [4.69, 9.17) is 0 Å². The summed E-state index contributed by atoms with van der Waals surface area (Å²) in [6.45, 7) is 3.47. The Morgan fingerprint density at radius 1 is 1.19 bits per heavy atom. The second-order valence-electron chi connectivity index (χ2n) is 4.51. The van der Waals surface area contributed by atoms with Crippen LogP contribution in [0.2, 0.25) is 0 Å². The molecular weight excluding hydrogens is 200 g/mol. The monoisotopic (exact) mass is 216 g/mol. The normalized spacial score (nSPS) is 26.1. The highest BCUT2D eigenvalue weighted by molar-refractivity contribution is 6.22. The van der Waals surface area contributed by atoms with Crippen LogP contribution in [0.15, 0.2) is 34.9 Å². The number of rotatable bonds is 1. The van der Waals surface area contributed by atoms with Gasteiger partial charge in [0.05, 0.1) is 0 Å². The molecule has 1 unspecified atom stereocenters. The predicted molar refractivity (Wildman–Crippen MR) is 63.0 cm³/mol. The lowest BCUT2D eigenvalue weighted by molar-refractivity contribution is -0.116. The van der Waals surface area contributed by atoms with Crippen LogP contribution in [0.3, 0.4) is 0 Å². The van der Waals surface area contributed by atoms with Crippen LogP contribution in [0.5, 0.6) is 0 Å². The van der Waals surface area contributed by atoms with Crippen molar-refractivity contribution < 1.29 is 9.59 Å². The Morgan fingerprint density at radius 3 is 2.56 bits per heavy atom. The lowest BCUT2D eigenvalue weighted by Gasteiger charge is -2.22. The summed E-state index contributed by atoms with van der Waals surface area (Å²) in [5.41, 5.74) is 1.89. The highest BCUT2D eigenvalue weighted by Gasteiger charge is 2.27. The van der Waals surface area contributed by atoms with Crippen LogP contribution in [0.25, 0.3) is 0 Å². The third-order valence-corrected chi connectivity index (χ3v) is 3.48. The fourth-order valence-electron chi connectivity index (χ4n) is 2.23. The van der Waals surface area contributed by atoms with E-state index in [0.29, 0.717) is 16.7 Å². The molecule has 2 heteroatoms. The van der Waals surface area contributed by atoms with Gasteiger partial charge in [0.2, 0.25) is 0 Å². The molecule has 0 aromatic rings. The first-order chi connectivity index (χ1) is 7.61. The lowest BCUT2D eigenvalue weighted by Crippen LogP contribution is -2.21. The van der Waals surface area contributed by atoms with Gasteiger partial charge in [-0.25, -0.2) is 0 Å². The Bertz CT molecular complexity index is 436. The molecule has 2 nitrogen and oxygen atoms in total. The summed E-state index contributed by atoms with van der Waals surface area (Å²) in [6.07, 6.45) is 8.86. The molecule has 2 aliphatic carbocycles. The van der Waals surface area contributed by atoms with Gasteiger partial charge in [-0.05, 0) is 39.2 Å². The van der Waals surface area contributed by atoms with E-state index in [-0.39, 0.29) is 17.5 Å². The minimum absolute atomic E-state index is 0.00827. The van der Waals surface area contributed by atoms with Crippen molar-refractivity contribution in [2.75, 3.05) is 0 Å². The number of carbonyl (C=O) groups excluding carboxylic acids is 2. The average Bonchev–Trinajstić information content (AvgIpc) is 2.32. The molecular formula is C14H16O2. The molecule has 0 aliphatic heterocycles. The van der Waals surface area contributed by atoms with Crippen LogP contribution in [0.1, 0.15) is 33.1 Å². The summed E-state index contributed by atoms with van der Waals surface area (Å²) in [4.78, 5) is 23.8. The molecule has 0 heterocycles. The van der Waals surface area contributed by atoms with Crippen molar-refractivity contribution in [3.8, 4) is 0 Å². The number of hydrogen-bond donors (Lipinski definition) is 0. The van der Waals surface area contributed by atoms with Crippen molar-refractivity contribution in [1.29, 1.82) is 0 Å². The summed E-state index contributed by atoms with van der Waals surface area (Å²) in [5, 5.41) is 0. The number of ketones is 2. The molecule has 0 N–H and O–H groups in total. The van der Waals surface area contributed by atoms with Crippen molar-refractivity contribution in [2.24, 2.45) is 5.92 Å². The van der Waals surface area contributed by atoms with Crippen LogP contribution in [-0.2, 0) is 9.59 Å². The summed E-state index contributed by atoms with van der Waals surface area (Å²) in [7, 11) is 0. The van der Waals surface area contributed by atoms with Crippen LogP contribution >= 0.6 is 0 Å². The second kappa shape index (κ2) is 4.20. The lowest BCUT2D eigenvalue weighted by atomic mass is 9.80. The zero-order chi connectivity index (χ0) is 11.7. The van der Waals surface area contributed by atoms with Gasteiger partial charge in [-0.3, -0.25) is 9.59 Å². The first-order valence-electron chi connectivity index (χ1n) is 5.76. The minimum atomic E-state index is -0.00827. The number of hydrogen-bond acceptors (Lipinski definition) is 2. The van der Waals surface area contributed by atoms with E-state index in [0.717, 1.165) is 19.3 Å². The van der Waals surface area contributed by atoms with E-state index >= 15 is 0 Å². The van der Waals surface area contributed by atoms with E-state index in [1.807, 2.05) is 0 Å². The maximum absolute atomic E-state index is 12.1. The molecule has 2 aliphatic rings. The first-order valence-corrected chi connectivity index (χ1v) is 5.76. The largest absolute Gasteiger partial charge is 0.290 e. The summed E-state index contributed by atoms with van der Waals surface area (Å²) >= 11 is 0. The first kappa shape index (κ1) is 11.1. The van der Waals surface area contributed by atoms with Crippen LogP contribution in [-0.4, -0.2) is 11.6 Å². The summed E-state index contributed by atoms with van der Waals surface area (Å²) in [6, 6.07) is 0. The molecule has 84 valence electrons. The third kappa shape index (κ3) is 1.80. The van der Waals surface area contributed by atoms with Gasteiger partial charge >= 0.3 is 0 Å². The van der Waals surface area contributed by atoms with E-state index in [9.17, 15) is 9.59 Å². The van der Waals surface area contributed by atoms with E-state index in [2.05, 4.69) is 12.2 Å². The molecule has 0 amide bonds. The van der Waals surface area contributed by atoms with Gasteiger partial charge in [0.15, 0.2) is 11.6 Å². The van der Waals surface area contributed by atoms with Gasteiger partial charge in [-0.1, -0.05) is 12.2 Å². The highest BCUT2D eigenvalue weighted by Crippen LogP contribution is 2.30. The quantitative estimate of drug-likeness (QED) is 0.499. The molecule has 0 saturated carbocycles. The fraction of sp³-hybridized carbons (Fsp3) is 0.429. The smallest absolute Gasteiger partial charge is 0.185 e. The standard InChI is InChI=1S/C14H16O2/c1-9-10(2)14(16)12(8-13(9)15)11-6-4-3-5-7-11/h4,6,8,11H,3,5,7H2,1-2H3. The fourth-order valence-corrected chi connectivity index (χ4v) is 2.23. The minimum Gasteiger partial charge on any atom is -0.290 e. The van der Waals surface area contributed by atoms with Crippen molar-refractivity contribution in [3.05, 3.63) is 34.9 Å². The van der Waals surface area contributed by atoms with Crippen LogP contribution in [0, 0.1) is 5.92 Å². The van der Waals surface area contributed by atoms with Gasteiger partial charge in [-0.2, -0.15) is 0 Å². The zero-order valence-corrected chi connectivity index (χ0v) is 9.75.